The SMILES string of the molecule is OC1(C2CCC2)CCc2c(F)cccc21. The quantitative estimate of drug-likeness (QED) is 0.749. The van der Waals surface area contributed by atoms with Crippen LogP contribution in [0.2, 0.25) is 0 Å². The summed E-state index contributed by atoms with van der Waals surface area (Å²) in [6.45, 7) is 0. The zero-order valence-electron chi connectivity index (χ0n) is 8.67. The summed E-state index contributed by atoms with van der Waals surface area (Å²) in [7, 11) is 0. The van der Waals surface area contributed by atoms with Crippen molar-refractivity contribution in [1.82, 2.24) is 0 Å². The fourth-order valence-corrected chi connectivity index (χ4v) is 2.98. The fraction of sp³-hybridized carbons (Fsp3) is 0.538. The molecule has 1 saturated carbocycles. The predicted molar refractivity (Wildman–Crippen MR) is 56.0 cm³/mol. The van der Waals surface area contributed by atoms with E-state index in [9.17, 15) is 9.50 Å². The van der Waals surface area contributed by atoms with E-state index in [1.807, 2.05) is 6.07 Å². The molecule has 80 valence electrons. The van der Waals surface area contributed by atoms with E-state index < -0.39 is 5.60 Å². The van der Waals surface area contributed by atoms with Gasteiger partial charge in [-0.2, -0.15) is 0 Å². The van der Waals surface area contributed by atoms with Crippen LogP contribution in [0, 0.1) is 11.7 Å². The summed E-state index contributed by atoms with van der Waals surface area (Å²) >= 11 is 0. The van der Waals surface area contributed by atoms with Gasteiger partial charge in [-0.05, 0) is 48.8 Å². The Balaban J connectivity index is 2.06. The third kappa shape index (κ3) is 1.18. The van der Waals surface area contributed by atoms with Crippen molar-refractivity contribution in [3.8, 4) is 0 Å². The summed E-state index contributed by atoms with van der Waals surface area (Å²) in [5, 5.41) is 10.6. The van der Waals surface area contributed by atoms with E-state index in [0.29, 0.717) is 18.8 Å². The normalized spacial score (nSPS) is 30.0. The summed E-state index contributed by atoms with van der Waals surface area (Å²) in [6, 6.07) is 5.10. The third-order valence-corrected chi connectivity index (χ3v) is 4.12. The molecular formula is C13H15FO. The molecule has 15 heavy (non-hydrogen) atoms. The van der Waals surface area contributed by atoms with Gasteiger partial charge in [0.2, 0.25) is 0 Å². The topological polar surface area (TPSA) is 20.2 Å². The first-order valence-electron chi connectivity index (χ1n) is 5.72. The van der Waals surface area contributed by atoms with Gasteiger partial charge in [0.15, 0.2) is 0 Å². The molecule has 0 saturated heterocycles. The van der Waals surface area contributed by atoms with Gasteiger partial charge in [-0.25, -0.2) is 4.39 Å². The molecule has 0 bridgehead atoms. The molecule has 0 heterocycles. The largest absolute Gasteiger partial charge is 0.385 e. The van der Waals surface area contributed by atoms with Gasteiger partial charge in [-0.3, -0.25) is 0 Å². The molecule has 0 aromatic heterocycles. The molecule has 2 heteroatoms. The second kappa shape index (κ2) is 3.05. The molecule has 0 amide bonds. The minimum atomic E-state index is -0.727. The standard InChI is InChI=1S/C13H15FO/c14-12-6-2-5-11-10(12)7-8-13(11,15)9-3-1-4-9/h2,5-6,9,15H,1,3-4,7-8H2. The lowest BCUT2D eigenvalue weighted by Crippen LogP contribution is -2.37. The number of rotatable bonds is 1. The van der Waals surface area contributed by atoms with Crippen LogP contribution in [0.3, 0.4) is 0 Å². The van der Waals surface area contributed by atoms with Crippen LogP contribution in [0.5, 0.6) is 0 Å². The van der Waals surface area contributed by atoms with Crippen LogP contribution in [0.25, 0.3) is 0 Å². The van der Waals surface area contributed by atoms with Crippen LogP contribution in [0.1, 0.15) is 36.8 Å². The molecule has 1 N–H and O–H groups in total. The van der Waals surface area contributed by atoms with Gasteiger partial charge >= 0.3 is 0 Å². The van der Waals surface area contributed by atoms with Gasteiger partial charge in [0.1, 0.15) is 5.82 Å². The van der Waals surface area contributed by atoms with Crippen LogP contribution in [-0.4, -0.2) is 5.11 Å². The highest BCUT2D eigenvalue weighted by molar-refractivity contribution is 5.39. The Hall–Kier alpha value is -0.890. The zero-order valence-corrected chi connectivity index (χ0v) is 8.67. The summed E-state index contributed by atoms with van der Waals surface area (Å²) < 4.78 is 13.5. The molecule has 0 spiro atoms. The molecule has 1 fully saturated rings. The zero-order chi connectivity index (χ0) is 10.5. The summed E-state index contributed by atoms with van der Waals surface area (Å²) in [5.41, 5.74) is 0.870. The minimum absolute atomic E-state index is 0.150. The summed E-state index contributed by atoms with van der Waals surface area (Å²) in [5.74, 6) is 0.211. The van der Waals surface area contributed by atoms with Gasteiger partial charge in [0.05, 0.1) is 5.60 Å². The smallest absolute Gasteiger partial charge is 0.126 e. The van der Waals surface area contributed by atoms with Gasteiger partial charge in [-0.1, -0.05) is 18.6 Å². The Bertz CT molecular complexity index is 398. The van der Waals surface area contributed by atoms with Crippen molar-refractivity contribution in [1.29, 1.82) is 0 Å². The highest BCUT2D eigenvalue weighted by Gasteiger charge is 2.46. The first-order valence-corrected chi connectivity index (χ1v) is 5.72. The molecule has 1 aromatic rings. The van der Waals surface area contributed by atoms with Crippen molar-refractivity contribution in [2.45, 2.75) is 37.7 Å². The highest BCUT2D eigenvalue weighted by Crippen LogP contribution is 2.50. The summed E-state index contributed by atoms with van der Waals surface area (Å²) in [6.07, 6.45) is 4.78. The maximum atomic E-state index is 13.5. The maximum absolute atomic E-state index is 13.5. The fourth-order valence-electron chi connectivity index (χ4n) is 2.98. The monoisotopic (exact) mass is 206 g/mol. The number of hydrogen-bond acceptors (Lipinski definition) is 1. The second-order valence-corrected chi connectivity index (χ2v) is 4.82. The molecule has 0 aliphatic heterocycles. The molecule has 2 aliphatic carbocycles. The van der Waals surface area contributed by atoms with Crippen LogP contribution in [-0.2, 0) is 12.0 Å². The third-order valence-electron chi connectivity index (χ3n) is 4.12. The van der Waals surface area contributed by atoms with Crippen molar-refractivity contribution in [3.05, 3.63) is 35.1 Å². The first kappa shape index (κ1) is 9.34. The number of fused-ring (bicyclic) bond motifs is 1. The van der Waals surface area contributed by atoms with Crippen LogP contribution >= 0.6 is 0 Å². The van der Waals surface area contributed by atoms with Gasteiger partial charge in [0, 0.05) is 0 Å². The first-order chi connectivity index (χ1) is 7.22. The molecule has 2 aliphatic rings. The van der Waals surface area contributed by atoms with Crippen molar-refractivity contribution in [3.63, 3.8) is 0 Å². The van der Waals surface area contributed by atoms with Crippen molar-refractivity contribution >= 4 is 0 Å². The lowest BCUT2D eigenvalue weighted by molar-refractivity contribution is -0.0545. The van der Waals surface area contributed by atoms with E-state index in [1.165, 1.54) is 12.5 Å². The van der Waals surface area contributed by atoms with E-state index in [2.05, 4.69) is 0 Å². The van der Waals surface area contributed by atoms with Gasteiger partial charge < -0.3 is 5.11 Å². The van der Waals surface area contributed by atoms with E-state index >= 15 is 0 Å². The van der Waals surface area contributed by atoms with Crippen molar-refractivity contribution in [2.24, 2.45) is 5.92 Å². The van der Waals surface area contributed by atoms with Crippen LogP contribution < -0.4 is 0 Å². The molecule has 1 unspecified atom stereocenters. The minimum Gasteiger partial charge on any atom is -0.385 e. The van der Waals surface area contributed by atoms with Crippen LogP contribution in [0.4, 0.5) is 4.39 Å². The average Bonchev–Trinajstić information content (AvgIpc) is 2.43. The Labute approximate surface area is 88.9 Å². The van der Waals surface area contributed by atoms with Gasteiger partial charge in [-0.15, -0.1) is 0 Å². The van der Waals surface area contributed by atoms with Crippen LogP contribution in [0.15, 0.2) is 18.2 Å². The van der Waals surface area contributed by atoms with Gasteiger partial charge in [0.25, 0.3) is 0 Å². The molecule has 1 nitrogen and oxygen atoms in total. The number of aliphatic hydroxyl groups is 1. The molecule has 1 aromatic carbocycles. The average molecular weight is 206 g/mol. The lowest BCUT2D eigenvalue weighted by Gasteiger charge is -2.39. The molecule has 0 radical (unpaired) electrons. The van der Waals surface area contributed by atoms with E-state index in [0.717, 1.165) is 24.0 Å². The Kier molecular flexibility index (Phi) is 1.90. The highest BCUT2D eigenvalue weighted by atomic mass is 19.1. The second-order valence-electron chi connectivity index (χ2n) is 4.82. The molecule has 3 rings (SSSR count). The predicted octanol–water partition coefficient (Wildman–Crippen LogP) is 2.76. The maximum Gasteiger partial charge on any atom is 0.126 e. The number of halogens is 1. The summed E-state index contributed by atoms with van der Waals surface area (Å²) in [4.78, 5) is 0. The van der Waals surface area contributed by atoms with E-state index in [4.69, 9.17) is 0 Å². The Morgan fingerprint density at radius 1 is 1.33 bits per heavy atom. The molecular weight excluding hydrogens is 191 g/mol. The van der Waals surface area contributed by atoms with E-state index in [1.54, 1.807) is 6.07 Å². The van der Waals surface area contributed by atoms with Crippen molar-refractivity contribution < 1.29 is 9.50 Å². The number of hydrogen-bond donors (Lipinski definition) is 1. The Morgan fingerprint density at radius 2 is 2.13 bits per heavy atom. The molecule has 1 atom stereocenters. The van der Waals surface area contributed by atoms with E-state index in [-0.39, 0.29) is 5.82 Å². The Morgan fingerprint density at radius 3 is 2.80 bits per heavy atom. The van der Waals surface area contributed by atoms with Crippen molar-refractivity contribution in [2.75, 3.05) is 0 Å². The lowest BCUT2D eigenvalue weighted by atomic mass is 9.70. The number of benzene rings is 1.